The number of H-pyrrole nitrogens is 1. The van der Waals surface area contributed by atoms with Crippen LogP contribution in [0.25, 0.3) is 5.69 Å². The molecule has 9 heteroatoms. The predicted molar refractivity (Wildman–Crippen MR) is 88.4 cm³/mol. The molecule has 0 atom stereocenters. The maximum absolute atomic E-state index is 10.9. The molecule has 124 valence electrons. The minimum atomic E-state index is -0.899. The monoisotopic (exact) mass is 344 g/mol. The molecule has 0 fully saturated rings. The SMILES string of the molecule is Cc1n[nH]c(C)c1Cc1nnc(SCC(=O)O)n1-c1cccnc1. The fraction of sp³-hybridized carbons (Fsp3) is 0.267. The van der Waals surface area contributed by atoms with Gasteiger partial charge in [0, 0.05) is 23.9 Å². The third-order valence-corrected chi connectivity index (χ3v) is 4.46. The van der Waals surface area contributed by atoms with Gasteiger partial charge in [-0.3, -0.25) is 19.4 Å². The average molecular weight is 344 g/mol. The Morgan fingerprint density at radius 2 is 2.21 bits per heavy atom. The molecule has 0 saturated heterocycles. The molecule has 0 radical (unpaired) electrons. The minimum Gasteiger partial charge on any atom is -0.481 e. The van der Waals surface area contributed by atoms with Crippen LogP contribution in [0.4, 0.5) is 0 Å². The number of carboxylic acids is 1. The molecular weight excluding hydrogens is 328 g/mol. The van der Waals surface area contributed by atoms with E-state index in [0.717, 1.165) is 34.4 Å². The molecule has 0 bridgehead atoms. The number of hydrogen-bond donors (Lipinski definition) is 2. The van der Waals surface area contributed by atoms with Crippen LogP contribution in [0.5, 0.6) is 0 Å². The van der Waals surface area contributed by atoms with E-state index in [2.05, 4.69) is 25.4 Å². The van der Waals surface area contributed by atoms with Gasteiger partial charge in [0.05, 0.1) is 23.3 Å². The molecule has 24 heavy (non-hydrogen) atoms. The second-order valence-corrected chi connectivity index (χ2v) is 6.16. The van der Waals surface area contributed by atoms with Crippen molar-refractivity contribution in [3.63, 3.8) is 0 Å². The molecule has 3 heterocycles. The largest absolute Gasteiger partial charge is 0.481 e. The van der Waals surface area contributed by atoms with Gasteiger partial charge in [-0.05, 0) is 26.0 Å². The Kier molecular flexibility index (Phi) is 4.61. The summed E-state index contributed by atoms with van der Waals surface area (Å²) in [4.78, 5) is 15.0. The topological polar surface area (TPSA) is 110 Å². The summed E-state index contributed by atoms with van der Waals surface area (Å²) in [7, 11) is 0. The Hall–Kier alpha value is -2.68. The van der Waals surface area contributed by atoms with E-state index in [1.165, 1.54) is 0 Å². The molecule has 0 aliphatic rings. The summed E-state index contributed by atoms with van der Waals surface area (Å²) in [5, 5.41) is 25.0. The third-order valence-electron chi connectivity index (χ3n) is 3.54. The molecule has 3 rings (SSSR count). The Morgan fingerprint density at radius 3 is 2.83 bits per heavy atom. The maximum Gasteiger partial charge on any atom is 0.313 e. The molecule has 3 aromatic rings. The number of nitrogens with zero attached hydrogens (tertiary/aromatic N) is 5. The lowest BCUT2D eigenvalue weighted by atomic mass is 10.1. The van der Waals surface area contributed by atoms with E-state index >= 15 is 0 Å². The molecule has 2 N–H and O–H groups in total. The zero-order valence-corrected chi connectivity index (χ0v) is 14.0. The standard InChI is InChI=1S/C15H16N6O2S/c1-9-12(10(2)18-17-9)6-13-19-20-15(24-8-14(22)23)21(13)11-4-3-5-16-7-11/h3-5,7H,6,8H2,1-2H3,(H,17,18)(H,22,23). The van der Waals surface area contributed by atoms with Gasteiger partial charge in [0.15, 0.2) is 5.16 Å². The summed E-state index contributed by atoms with van der Waals surface area (Å²) < 4.78 is 1.84. The van der Waals surface area contributed by atoms with Crippen molar-refractivity contribution in [2.45, 2.75) is 25.4 Å². The molecular formula is C15H16N6O2S. The lowest BCUT2D eigenvalue weighted by Crippen LogP contribution is -2.06. The van der Waals surface area contributed by atoms with Crippen LogP contribution in [0.3, 0.4) is 0 Å². The first-order valence-corrected chi connectivity index (χ1v) is 8.24. The van der Waals surface area contributed by atoms with Crippen LogP contribution in [0.1, 0.15) is 22.8 Å². The van der Waals surface area contributed by atoms with Crippen LogP contribution < -0.4 is 0 Å². The Morgan fingerprint density at radius 1 is 1.38 bits per heavy atom. The van der Waals surface area contributed by atoms with Gasteiger partial charge in [0.25, 0.3) is 0 Å². The summed E-state index contributed by atoms with van der Waals surface area (Å²) in [5.74, 6) is -0.269. The van der Waals surface area contributed by atoms with Crippen molar-refractivity contribution in [2.75, 3.05) is 5.75 Å². The van der Waals surface area contributed by atoms with Gasteiger partial charge in [0.1, 0.15) is 5.82 Å². The Labute approximate surface area is 142 Å². The number of aromatic amines is 1. The molecule has 0 aromatic carbocycles. The Balaban J connectivity index is 2.01. The van der Waals surface area contributed by atoms with Gasteiger partial charge in [-0.1, -0.05) is 11.8 Å². The van der Waals surface area contributed by atoms with Gasteiger partial charge in [-0.15, -0.1) is 10.2 Å². The normalized spacial score (nSPS) is 10.9. The van der Waals surface area contributed by atoms with Crippen molar-refractivity contribution in [1.82, 2.24) is 29.9 Å². The van der Waals surface area contributed by atoms with Crippen molar-refractivity contribution in [3.05, 3.63) is 47.3 Å². The third kappa shape index (κ3) is 3.30. The zero-order valence-electron chi connectivity index (χ0n) is 13.2. The Bertz CT molecular complexity index is 839. The summed E-state index contributed by atoms with van der Waals surface area (Å²) in [6, 6.07) is 3.71. The fourth-order valence-electron chi connectivity index (χ4n) is 2.37. The van der Waals surface area contributed by atoms with Gasteiger partial charge in [-0.25, -0.2) is 0 Å². The highest BCUT2D eigenvalue weighted by Crippen LogP contribution is 2.24. The number of carbonyl (C=O) groups is 1. The highest BCUT2D eigenvalue weighted by Gasteiger charge is 2.18. The number of nitrogens with one attached hydrogen (secondary N) is 1. The number of rotatable bonds is 6. The van der Waals surface area contributed by atoms with Crippen LogP contribution >= 0.6 is 11.8 Å². The van der Waals surface area contributed by atoms with E-state index in [-0.39, 0.29) is 5.75 Å². The number of carboxylic acid groups (broad SMARTS) is 1. The number of hydrogen-bond acceptors (Lipinski definition) is 6. The number of thioether (sulfide) groups is 1. The molecule has 3 aromatic heterocycles. The van der Waals surface area contributed by atoms with Crippen LogP contribution in [0, 0.1) is 13.8 Å². The second kappa shape index (κ2) is 6.83. The first-order chi connectivity index (χ1) is 11.6. The van der Waals surface area contributed by atoms with E-state index in [9.17, 15) is 4.79 Å². The lowest BCUT2D eigenvalue weighted by molar-refractivity contribution is -0.133. The van der Waals surface area contributed by atoms with Gasteiger partial charge >= 0.3 is 5.97 Å². The first-order valence-electron chi connectivity index (χ1n) is 7.26. The van der Waals surface area contributed by atoms with E-state index < -0.39 is 5.97 Å². The van der Waals surface area contributed by atoms with Gasteiger partial charge < -0.3 is 5.11 Å². The van der Waals surface area contributed by atoms with E-state index in [0.29, 0.717) is 17.4 Å². The van der Waals surface area contributed by atoms with Gasteiger partial charge in [-0.2, -0.15) is 5.10 Å². The predicted octanol–water partition coefficient (Wildman–Crippen LogP) is 1.77. The number of pyridine rings is 1. The maximum atomic E-state index is 10.9. The average Bonchev–Trinajstić information content (AvgIpc) is 3.12. The molecule has 0 spiro atoms. The smallest absolute Gasteiger partial charge is 0.313 e. The molecule has 0 unspecified atom stereocenters. The molecule has 0 amide bonds. The van der Waals surface area contributed by atoms with E-state index in [1.807, 2.05) is 30.5 Å². The van der Waals surface area contributed by atoms with Crippen molar-refractivity contribution in [3.8, 4) is 5.69 Å². The highest BCUT2D eigenvalue weighted by atomic mass is 32.2. The quantitative estimate of drug-likeness (QED) is 0.656. The first kappa shape index (κ1) is 16.2. The fourth-order valence-corrected chi connectivity index (χ4v) is 3.06. The molecule has 0 aliphatic heterocycles. The number of aromatic nitrogens is 6. The highest BCUT2D eigenvalue weighted by molar-refractivity contribution is 7.99. The van der Waals surface area contributed by atoms with Crippen LogP contribution in [0.15, 0.2) is 29.7 Å². The van der Waals surface area contributed by atoms with Crippen LogP contribution in [0.2, 0.25) is 0 Å². The molecule has 0 saturated carbocycles. The van der Waals surface area contributed by atoms with Crippen molar-refractivity contribution >= 4 is 17.7 Å². The summed E-state index contributed by atoms with van der Waals surface area (Å²) in [5.41, 5.74) is 3.74. The summed E-state index contributed by atoms with van der Waals surface area (Å²) >= 11 is 1.13. The second-order valence-electron chi connectivity index (χ2n) is 5.22. The van der Waals surface area contributed by atoms with E-state index in [4.69, 9.17) is 5.11 Å². The van der Waals surface area contributed by atoms with Crippen molar-refractivity contribution in [2.24, 2.45) is 0 Å². The molecule has 0 aliphatic carbocycles. The summed E-state index contributed by atoms with van der Waals surface area (Å²) in [6.07, 6.45) is 3.93. The molecule has 8 nitrogen and oxygen atoms in total. The number of aliphatic carboxylic acids is 1. The summed E-state index contributed by atoms with van der Waals surface area (Å²) in [6.45, 7) is 3.89. The zero-order chi connectivity index (χ0) is 17.1. The van der Waals surface area contributed by atoms with Crippen LogP contribution in [-0.2, 0) is 11.2 Å². The van der Waals surface area contributed by atoms with E-state index in [1.54, 1.807) is 12.4 Å². The van der Waals surface area contributed by atoms with Crippen molar-refractivity contribution < 1.29 is 9.90 Å². The van der Waals surface area contributed by atoms with Crippen LogP contribution in [-0.4, -0.2) is 46.8 Å². The minimum absolute atomic E-state index is 0.0812. The van der Waals surface area contributed by atoms with Crippen molar-refractivity contribution in [1.29, 1.82) is 0 Å². The number of aryl methyl sites for hydroxylation is 2. The van der Waals surface area contributed by atoms with Gasteiger partial charge in [0.2, 0.25) is 0 Å². The lowest BCUT2D eigenvalue weighted by Gasteiger charge is -2.09.